The molecular weight excluding hydrogens is 333 g/mol. The Hall–Kier alpha value is -0.820. The van der Waals surface area contributed by atoms with Crippen molar-refractivity contribution in [3.8, 4) is 5.75 Å². The molecule has 2 rings (SSSR count). The van der Waals surface area contributed by atoms with Gasteiger partial charge in [-0.2, -0.15) is 0 Å². The Morgan fingerprint density at radius 2 is 2.24 bits per heavy atom. The van der Waals surface area contributed by atoms with Crippen LogP contribution in [0.15, 0.2) is 18.2 Å². The molecular formula is C12H14INO3. The summed E-state index contributed by atoms with van der Waals surface area (Å²) in [4.78, 5) is 11.8. The first-order valence-electron chi connectivity index (χ1n) is 5.42. The van der Waals surface area contributed by atoms with Crippen molar-refractivity contribution in [1.82, 2.24) is 5.32 Å². The SMILES string of the molecule is COC1CC(NC(=O)c2ccc(I)c(O)c2)C1. The number of hydrogen-bond donors (Lipinski definition) is 2. The number of hydrogen-bond acceptors (Lipinski definition) is 3. The number of carbonyl (C=O) groups excluding carboxylic acids is 1. The Balaban J connectivity index is 1.94. The van der Waals surface area contributed by atoms with Gasteiger partial charge in [0.1, 0.15) is 5.75 Å². The zero-order valence-electron chi connectivity index (χ0n) is 9.44. The second-order valence-corrected chi connectivity index (χ2v) is 5.33. The van der Waals surface area contributed by atoms with Gasteiger partial charge >= 0.3 is 0 Å². The summed E-state index contributed by atoms with van der Waals surface area (Å²) in [7, 11) is 1.68. The Morgan fingerprint density at radius 1 is 1.53 bits per heavy atom. The van der Waals surface area contributed by atoms with E-state index in [9.17, 15) is 9.90 Å². The molecule has 0 aromatic heterocycles. The predicted octanol–water partition coefficient (Wildman–Crippen LogP) is 1.90. The molecule has 2 N–H and O–H groups in total. The predicted molar refractivity (Wildman–Crippen MR) is 72.1 cm³/mol. The molecule has 17 heavy (non-hydrogen) atoms. The minimum Gasteiger partial charge on any atom is -0.507 e. The lowest BCUT2D eigenvalue weighted by Crippen LogP contribution is -2.47. The first-order valence-corrected chi connectivity index (χ1v) is 6.50. The van der Waals surface area contributed by atoms with E-state index in [0.29, 0.717) is 5.56 Å². The first-order chi connectivity index (χ1) is 8.10. The maximum Gasteiger partial charge on any atom is 0.251 e. The van der Waals surface area contributed by atoms with Crippen LogP contribution in [0, 0.1) is 3.57 Å². The number of carbonyl (C=O) groups is 1. The lowest BCUT2D eigenvalue weighted by molar-refractivity contribution is 0.0176. The summed E-state index contributed by atoms with van der Waals surface area (Å²) in [6.07, 6.45) is 1.99. The highest BCUT2D eigenvalue weighted by Gasteiger charge is 2.30. The van der Waals surface area contributed by atoms with E-state index >= 15 is 0 Å². The number of phenolic OH excluding ortho intramolecular Hbond substituents is 1. The van der Waals surface area contributed by atoms with Crippen molar-refractivity contribution in [3.63, 3.8) is 0 Å². The summed E-state index contributed by atoms with van der Waals surface area (Å²) < 4.78 is 5.88. The minimum atomic E-state index is -0.142. The van der Waals surface area contributed by atoms with Crippen LogP contribution in [0.2, 0.25) is 0 Å². The standard InChI is InChI=1S/C12H14INO3/c1-17-9-5-8(6-9)14-12(16)7-2-3-10(13)11(15)4-7/h2-4,8-9,15H,5-6H2,1H3,(H,14,16). The molecule has 4 nitrogen and oxygen atoms in total. The number of aromatic hydroxyl groups is 1. The van der Waals surface area contributed by atoms with Crippen molar-refractivity contribution < 1.29 is 14.6 Å². The number of benzene rings is 1. The van der Waals surface area contributed by atoms with Crippen molar-refractivity contribution in [2.75, 3.05) is 7.11 Å². The van der Waals surface area contributed by atoms with Crippen LogP contribution >= 0.6 is 22.6 Å². The molecule has 1 fully saturated rings. The van der Waals surface area contributed by atoms with Gasteiger partial charge in [-0.1, -0.05) is 0 Å². The number of halogens is 1. The third kappa shape index (κ3) is 2.90. The molecule has 1 aliphatic carbocycles. The largest absolute Gasteiger partial charge is 0.507 e. The molecule has 1 saturated carbocycles. The molecule has 5 heteroatoms. The zero-order chi connectivity index (χ0) is 12.4. The summed E-state index contributed by atoms with van der Waals surface area (Å²) in [6.45, 7) is 0. The number of nitrogens with one attached hydrogen (secondary N) is 1. The van der Waals surface area contributed by atoms with Gasteiger partial charge in [-0.25, -0.2) is 0 Å². The molecule has 0 atom stereocenters. The Bertz CT molecular complexity index is 430. The summed E-state index contributed by atoms with van der Waals surface area (Å²) in [5, 5.41) is 12.4. The zero-order valence-corrected chi connectivity index (χ0v) is 11.6. The van der Waals surface area contributed by atoms with Crippen molar-refractivity contribution in [3.05, 3.63) is 27.3 Å². The molecule has 1 aliphatic rings. The maximum absolute atomic E-state index is 11.8. The van der Waals surface area contributed by atoms with Crippen molar-refractivity contribution >= 4 is 28.5 Å². The highest BCUT2D eigenvalue weighted by atomic mass is 127. The normalized spacial score (nSPS) is 22.9. The van der Waals surface area contributed by atoms with E-state index in [2.05, 4.69) is 5.32 Å². The van der Waals surface area contributed by atoms with Gasteiger partial charge in [-0.05, 0) is 53.6 Å². The molecule has 0 heterocycles. The van der Waals surface area contributed by atoms with Gasteiger partial charge in [0.15, 0.2) is 0 Å². The Labute approximate surface area is 113 Å². The highest BCUT2D eigenvalue weighted by Crippen LogP contribution is 2.24. The molecule has 1 aromatic rings. The molecule has 0 unspecified atom stereocenters. The lowest BCUT2D eigenvalue weighted by atomic mass is 9.89. The maximum atomic E-state index is 11.8. The van der Waals surface area contributed by atoms with E-state index in [0.717, 1.165) is 16.4 Å². The van der Waals surface area contributed by atoms with Gasteiger partial charge in [0, 0.05) is 18.7 Å². The summed E-state index contributed by atoms with van der Waals surface area (Å²) in [5.41, 5.74) is 0.490. The van der Waals surface area contributed by atoms with Gasteiger partial charge in [0.05, 0.1) is 9.67 Å². The van der Waals surface area contributed by atoms with Gasteiger partial charge in [0.2, 0.25) is 0 Å². The fourth-order valence-electron chi connectivity index (χ4n) is 1.80. The molecule has 1 aromatic carbocycles. The summed E-state index contributed by atoms with van der Waals surface area (Å²) in [5.74, 6) is -0.00196. The quantitative estimate of drug-likeness (QED) is 0.822. The molecule has 0 spiro atoms. The van der Waals surface area contributed by atoms with Crippen LogP contribution in [0.1, 0.15) is 23.2 Å². The molecule has 0 bridgehead atoms. The second kappa shape index (κ2) is 5.22. The lowest BCUT2D eigenvalue weighted by Gasteiger charge is -2.34. The topological polar surface area (TPSA) is 58.6 Å². The average molecular weight is 347 g/mol. The molecule has 92 valence electrons. The van der Waals surface area contributed by atoms with Crippen LogP contribution in [0.4, 0.5) is 0 Å². The molecule has 0 radical (unpaired) electrons. The van der Waals surface area contributed by atoms with E-state index in [1.165, 1.54) is 6.07 Å². The molecule has 0 aliphatic heterocycles. The number of amides is 1. The van der Waals surface area contributed by atoms with Crippen LogP contribution in [0.5, 0.6) is 5.75 Å². The fraction of sp³-hybridized carbons (Fsp3) is 0.417. The second-order valence-electron chi connectivity index (χ2n) is 4.17. The highest BCUT2D eigenvalue weighted by molar-refractivity contribution is 14.1. The number of ether oxygens (including phenoxy) is 1. The summed E-state index contributed by atoms with van der Waals surface area (Å²) in [6, 6.07) is 5.12. The smallest absolute Gasteiger partial charge is 0.251 e. The molecule has 1 amide bonds. The summed E-state index contributed by atoms with van der Waals surface area (Å²) >= 11 is 2.02. The van der Waals surface area contributed by atoms with E-state index < -0.39 is 0 Å². The Morgan fingerprint density at radius 3 is 2.82 bits per heavy atom. The third-order valence-electron chi connectivity index (χ3n) is 2.97. The fourth-order valence-corrected chi connectivity index (χ4v) is 2.13. The van der Waals surface area contributed by atoms with Crippen LogP contribution in [-0.4, -0.2) is 30.3 Å². The monoisotopic (exact) mass is 347 g/mol. The van der Waals surface area contributed by atoms with E-state index in [-0.39, 0.29) is 23.8 Å². The van der Waals surface area contributed by atoms with Crippen LogP contribution in [0.25, 0.3) is 0 Å². The van der Waals surface area contributed by atoms with Crippen LogP contribution in [0.3, 0.4) is 0 Å². The number of phenols is 1. The van der Waals surface area contributed by atoms with Gasteiger partial charge in [-0.15, -0.1) is 0 Å². The van der Waals surface area contributed by atoms with Crippen LogP contribution < -0.4 is 5.32 Å². The van der Waals surface area contributed by atoms with E-state index in [1.54, 1.807) is 19.2 Å². The molecule has 0 saturated heterocycles. The van der Waals surface area contributed by atoms with E-state index in [1.807, 2.05) is 22.6 Å². The van der Waals surface area contributed by atoms with Crippen molar-refractivity contribution in [1.29, 1.82) is 0 Å². The van der Waals surface area contributed by atoms with Gasteiger partial charge in [0.25, 0.3) is 5.91 Å². The minimum absolute atomic E-state index is 0.140. The average Bonchev–Trinajstić information content (AvgIpc) is 2.26. The van der Waals surface area contributed by atoms with Crippen molar-refractivity contribution in [2.45, 2.75) is 25.0 Å². The van der Waals surface area contributed by atoms with Gasteiger partial charge < -0.3 is 15.2 Å². The third-order valence-corrected chi connectivity index (χ3v) is 3.88. The number of rotatable bonds is 3. The van der Waals surface area contributed by atoms with E-state index in [4.69, 9.17) is 4.74 Å². The Kier molecular flexibility index (Phi) is 3.88. The van der Waals surface area contributed by atoms with Crippen LogP contribution in [-0.2, 0) is 4.74 Å². The van der Waals surface area contributed by atoms with Gasteiger partial charge in [-0.3, -0.25) is 4.79 Å². The first kappa shape index (κ1) is 12.6. The number of methoxy groups -OCH3 is 1. The van der Waals surface area contributed by atoms with Crippen molar-refractivity contribution in [2.24, 2.45) is 0 Å².